The summed E-state index contributed by atoms with van der Waals surface area (Å²) in [4.78, 5) is 0. The van der Waals surface area contributed by atoms with E-state index < -0.39 is 0 Å². The predicted molar refractivity (Wildman–Crippen MR) is 52.9 cm³/mol. The number of hydrogen-bond acceptors (Lipinski definition) is 0. The van der Waals surface area contributed by atoms with Crippen LogP contribution in [0.1, 0.15) is 40.5 Å². The molecule has 0 heteroatoms. The third-order valence-corrected chi connectivity index (χ3v) is 4.56. The summed E-state index contributed by atoms with van der Waals surface area (Å²) in [5, 5.41) is 0. The van der Waals surface area contributed by atoms with Crippen molar-refractivity contribution in [2.75, 3.05) is 0 Å². The molecule has 0 amide bonds. The maximum absolute atomic E-state index is 2.47. The molecule has 2 aliphatic rings. The number of fused-ring (bicyclic) bond motifs is 1. The number of hydrogen-bond donors (Lipinski definition) is 0. The number of rotatable bonds is 0. The van der Waals surface area contributed by atoms with E-state index in [4.69, 9.17) is 0 Å². The van der Waals surface area contributed by atoms with E-state index >= 15 is 0 Å². The van der Waals surface area contributed by atoms with Crippen molar-refractivity contribution in [3.05, 3.63) is 0 Å². The van der Waals surface area contributed by atoms with Crippen LogP contribution in [0.15, 0.2) is 0 Å². The van der Waals surface area contributed by atoms with Crippen LogP contribution in [0.4, 0.5) is 0 Å². The molecule has 70 valence electrons. The zero-order valence-electron chi connectivity index (χ0n) is 8.88. The average molecular weight is 166 g/mol. The summed E-state index contributed by atoms with van der Waals surface area (Å²) in [5.74, 6) is 6.15. The largest absolute Gasteiger partial charge is 0.0622 e. The summed E-state index contributed by atoms with van der Waals surface area (Å²) in [5.41, 5.74) is 0. The van der Waals surface area contributed by atoms with Gasteiger partial charge in [0.15, 0.2) is 0 Å². The second-order valence-corrected chi connectivity index (χ2v) is 5.54. The summed E-state index contributed by atoms with van der Waals surface area (Å²) in [6.45, 7) is 9.87. The van der Waals surface area contributed by atoms with Gasteiger partial charge in [-0.1, -0.05) is 27.7 Å². The molecule has 0 aromatic carbocycles. The topological polar surface area (TPSA) is 0 Å². The predicted octanol–water partition coefficient (Wildman–Crippen LogP) is 3.57. The molecule has 0 aromatic rings. The van der Waals surface area contributed by atoms with Crippen molar-refractivity contribution in [3.63, 3.8) is 0 Å². The SMILES string of the molecule is C[C@@H]1C[C@H](C)C2C1[C@@H](C)C[C@H]2C. The molecule has 0 aliphatic heterocycles. The molecule has 0 heterocycles. The van der Waals surface area contributed by atoms with Gasteiger partial charge >= 0.3 is 0 Å². The molecule has 6 atom stereocenters. The Morgan fingerprint density at radius 1 is 0.583 bits per heavy atom. The first-order chi connectivity index (χ1) is 5.61. The van der Waals surface area contributed by atoms with Gasteiger partial charge in [0.25, 0.3) is 0 Å². The fraction of sp³-hybridized carbons (Fsp3) is 1.00. The first-order valence-corrected chi connectivity index (χ1v) is 5.61. The molecule has 0 bridgehead atoms. The van der Waals surface area contributed by atoms with Gasteiger partial charge in [-0.25, -0.2) is 0 Å². The molecule has 0 N–H and O–H groups in total. The summed E-state index contributed by atoms with van der Waals surface area (Å²) in [6, 6.07) is 0. The Kier molecular flexibility index (Phi) is 1.97. The Morgan fingerprint density at radius 2 is 0.833 bits per heavy atom. The Morgan fingerprint density at radius 3 is 1.08 bits per heavy atom. The van der Waals surface area contributed by atoms with E-state index in [0.29, 0.717) is 0 Å². The van der Waals surface area contributed by atoms with Crippen molar-refractivity contribution < 1.29 is 0 Å². The van der Waals surface area contributed by atoms with Gasteiger partial charge in [-0.05, 0) is 48.3 Å². The van der Waals surface area contributed by atoms with E-state index in [0.717, 1.165) is 35.5 Å². The molecule has 0 nitrogen and oxygen atoms in total. The van der Waals surface area contributed by atoms with Crippen molar-refractivity contribution in [2.45, 2.75) is 40.5 Å². The van der Waals surface area contributed by atoms with Gasteiger partial charge in [-0.3, -0.25) is 0 Å². The minimum absolute atomic E-state index is 1.00. The first kappa shape index (κ1) is 8.59. The smallest absolute Gasteiger partial charge is 0.0329 e. The summed E-state index contributed by atoms with van der Waals surface area (Å²) in [7, 11) is 0. The van der Waals surface area contributed by atoms with E-state index in [1.807, 2.05) is 0 Å². The minimum atomic E-state index is 1.00. The molecular formula is C12H22. The van der Waals surface area contributed by atoms with Crippen LogP contribution in [0.3, 0.4) is 0 Å². The lowest BCUT2D eigenvalue weighted by atomic mass is 9.84. The zero-order chi connectivity index (χ0) is 8.88. The van der Waals surface area contributed by atoms with Gasteiger partial charge in [-0.15, -0.1) is 0 Å². The quantitative estimate of drug-likeness (QED) is 0.516. The lowest BCUT2D eigenvalue weighted by molar-refractivity contribution is 0.269. The highest BCUT2D eigenvalue weighted by molar-refractivity contribution is 4.97. The van der Waals surface area contributed by atoms with Crippen molar-refractivity contribution >= 4 is 0 Å². The molecular weight excluding hydrogens is 144 g/mol. The Balaban J connectivity index is 2.20. The lowest BCUT2D eigenvalue weighted by Crippen LogP contribution is -2.16. The third-order valence-electron chi connectivity index (χ3n) is 4.56. The first-order valence-electron chi connectivity index (χ1n) is 5.61. The van der Waals surface area contributed by atoms with Gasteiger partial charge in [0, 0.05) is 0 Å². The van der Waals surface area contributed by atoms with Crippen molar-refractivity contribution in [1.82, 2.24) is 0 Å². The average Bonchev–Trinajstić information content (AvgIpc) is 2.38. The normalized spacial score (nSPS) is 59.0. The zero-order valence-corrected chi connectivity index (χ0v) is 8.88. The van der Waals surface area contributed by atoms with Gasteiger partial charge in [-0.2, -0.15) is 0 Å². The highest BCUT2D eigenvalue weighted by atomic mass is 14.5. The maximum Gasteiger partial charge on any atom is -0.0329 e. The minimum Gasteiger partial charge on any atom is -0.0622 e. The van der Waals surface area contributed by atoms with Crippen molar-refractivity contribution in [1.29, 1.82) is 0 Å². The van der Waals surface area contributed by atoms with Crippen LogP contribution in [0, 0.1) is 35.5 Å². The highest BCUT2D eigenvalue weighted by Crippen LogP contribution is 2.55. The van der Waals surface area contributed by atoms with Gasteiger partial charge in [0.2, 0.25) is 0 Å². The van der Waals surface area contributed by atoms with Crippen molar-refractivity contribution in [2.24, 2.45) is 35.5 Å². The molecule has 12 heavy (non-hydrogen) atoms. The Labute approximate surface area is 76.7 Å². The molecule has 0 saturated heterocycles. The molecule has 0 radical (unpaired) electrons. The molecule has 0 aromatic heterocycles. The monoisotopic (exact) mass is 166 g/mol. The van der Waals surface area contributed by atoms with Gasteiger partial charge < -0.3 is 0 Å². The van der Waals surface area contributed by atoms with Gasteiger partial charge in [0.05, 0.1) is 0 Å². The Hall–Kier alpha value is 0. The summed E-state index contributed by atoms with van der Waals surface area (Å²) >= 11 is 0. The molecule has 2 aliphatic carbocycles. The van der Waals surface area contributed by atoms with Crippen molar-refractivity contribution in [3.8, 4) is 0 Å². The van der Waals surface area contributed by atoms with E-state index in [1.54, 1.807) is 0 Å². The van der Waals surface area contributed by atoms with E-state index in [-0.39, 0.29) is 0 Å². The molecule has 0 spiro atoms. The van der Waals surface area contributed by atoms with Crippen LogP contribution in [-0.2, 0) is 0 Å². The lowest BCUT2D eigenvalue weighted by Gasteiger charge is -2.21. The van der Waals surface area contributed by atoms with Gasteiger partial charge in [0.1, 0.15) is 0 Å². The van der Waals surface area contributed by atoms with Crippen LogP contribution in [0.5, 0.6) is 0 Å². The fourth-order valence-electron chi connectivity index (χ4n) is 4.44. The summed E-state index contributed by atoms with van der Waals surface area (Å²) < 4.78 is 0. The standard InChI is InChI=1S/C12H22/c1-7-5-8(2)12-10(4)6-9(3)11(7)12/h7-12H,5-6H2,1-4H3/t7-,8+,9+,10-,11?,12?. The molecule has 2 unspecified atom stereocenters. The third kappa shape index (κ3) is 1.03. The molecule has 2 rings (SSSR count). The Bertz CT molecular complexity index is 137. The molecule has 2 fully saturated rings. The van der Waals surface area contributed by atoms with Crippen LogP contribution >= 0.6 is 0 Å². The van der Waals surface area contributed by atoms with Crippen LogP contribution in [0.2, 0.25) is 0 Å². The van der Waals surface area contributed by atoms with Crippen LogP contribution in [0.25, 0.3) is 0 Å². The second kappa shape index (κ2) is 2.75. The maximum atomic E-state index is 2.47. The fourth-order valence-corrected chi connectivity index (χ4v) is 4.44. The summed E-state index contributed by atoms with van der Waals surface area (Å²) in [6.07, 6.45) is 2.98. The van der Waals surface area contributed by atoms with E-state index in [2.05, 4.69) is 27.7 Å². The van der Waals surface area contributed by atoms with Crippen LogP contribution < -0.4 is 0 Å². The highest BCUT2D eigenvalue weighted by Gasteiger charge is 2.48. The van der Waals surface area contributed by atoms with E-state index in [1.165, 1.54) is 12.8 Å². The molecule has 2 saturated carbocycles. The van der Waals surface area contributed by atoms with Crippen LogP contribution in [-0.4, -0.2) is 0 Å². The van der Waals surface area contributed by atoms with E-state index in [9.17, 15) is 0 Å². The second-order valence-electron chi connectivity index (χ2n) is 5.54.